The molecular formula is C10H19ClN2O3. The van der Waals surface area contributed by atoms with Gasteiger partial charge in [0.05, 0.1) is 13.0 Å². The van der Waals surface area contributed by atoms with Crippen molar-refractivity contribution in [3.8, 4) is 0 Å². The van der Waals surface area contributed by atoms with Crippen LogP contribution in [0.3, 0.4) is 0 Å². The Bertz CT molecular complexity index is 260. The summed E-state index contributed by atoms with van der Waals surface area (Å²) in [6.45, 7) is 1.60. The molecule has 6 heteroatoms. The van der Waals surface area contributed by atoms with Gasteiger partial charge in [0.2, 0.25) is 5.91 Å². The molecule has 0 aliphatic heterocycles. The van der Waals surface area contributed by atoms with E-state index in [1.54, 1.807) is 6.92 Å². The van der Waals surface area contributed by atoms with Gasteiger partial charge in [-0.25, -0.2) is 4.79 Å². The first-order chi connectivity index (χ1) is 7.06. The van der Waals surface area contributed by atoms with Gasteiger partial charge >= 0.3 is 5.97 Å². The standard InChI is InChI=1S/C10H18N2O3.ClH/c1-6(10(14)15-2)12-9(13)7-4-3-5-8(7)11;/h6-8H,3-5,11H2,1-2H3,(H,12,13);1H. The first-order valence-electron chi connectivity index (χ1n) is 5.20. The Labute approximate surface area is 101 Å². The number of nitrogens with one attached hydrogen (secondary N) is 1. The normalized spacial score (nSPS) is 25.4. The average molecular weight is 251 g/mol. The molecule has 16 heavy (non-hydrogen) atoms. The minimum atomic E-state index is -0.602. The summed E-state index contributed by atoms with van der Waals surface area (Å²) in [5.41, 5.74) is 5.79. The minimum Gasteiger partial charge on any atom is -0.467 e. The van der Waals surface area contributed by atoms with Gasteiger partial charge in [0, 0.05) is 6.04 Å². The third-order valence-electron chi connectivity index (χ3n) is 2.82. The van der Waals surface area contributed by atoms with Gasteiger partial charge in [-0.2, -0.15) is 0 Å². The van der Waals surface area contributed by atoms with E-state index in [-0.39, 0.29) is 30.3 Å². The molecule has 5 nitrogen and oxygen atoms in total. The average Bonchev–Trinajstić information content (AvgIpc) is 2.63. The monoisotopic (exact) mass is 250 g/mol. The summed E-state index contributed by atoms with van der Waals surface area (Å²) in [6.07, 6.45) is 2.66. The molecule has 0 aromatic rings. The van der Waals surface area contributed by atoms with Gasteiger partial charge < -0.3 is 15.8 Å². The van der Waals surface area contributed by atoms with Crippen molar-refractivity contribution in [2.75, 3.05) is 7.11 Å². The van der Waals surface area contributed by atoms with Gasteiger partial charge in [0.25, 0.3) is 0 Å². The number of carbonyl (C=O) groups is 2. The molecule has 1 aliphatic carbocycles. The van der Waals surface area contributed by atoms with Crippen LogP contribution in [0.5, 0.6) is 0 Å². The van der Waals surface area contributed by atoms with E-state index in [0.29, 0.717) is 0 Å². The molecule has 0 aromatic heterocycles. The number of amides is 1. The molecule has 1 fully saturated rings. The van der Waals surface area contributed by atoms with Gasteiger partial charge in [0.15, 0.2) is 0 Å². The highest BCUT2D eigenvalue weighted by molar-refractivity contribution is 5.86. The van der Waals surface area contributed by atoms with Crippen molar-refractivity contribution in [2.24, 2.45) is 11.7 Å². The van der Waals surface area contributed by atoms with Crippen molar-refractivity contribution in [1.82, 2.24) is 5.32 Å². The molecule has 0 spiro atoms. The third-order valence-corrected chi connectivity index (χ3v) is 2.82. The summed E-state index contributed by atoms with van der Waals surface area (Å²) < 4.78 is 4.52. The number of methoxy groups -OCH3 is 1. The molecule has 0 saturated heterocycles. The van der Waals surface area contributed by atoms with Crippen LogP contribution in [0, 0.1) is 5.92 Å². The number of ether oxygens (including phenoxy) is 1. The summed E-state index contributed by atoms with van der Waals surface area (Å²) in [4.78, 5) is 22.8. The van der Waals surface area contributed by atoms with Crippen molar-refractivity contribution in [1.29, 1.82) is 0 Å². The second-order valence-corrected chi connectivity index (χ2v) is 3.95. The highest BCUT2D eigenvalue weighted by atomic mass is 35.5. The molecule has 0 aromatic carbocycles. The summed E-state index contributed by atoms with van der Waals surface area (Å²) in [5, 5.41) is 2.61. The third kappa shape index (κ3) is 3.64. The lowest BCUT2D eigenvalue weighted by atomic mass is 10.0. The topological polar surface area (TPSA) is 81.4 Å². The fourth-order valence-corrected chi connectivity index (χ4v) is 1.87. The van der Waals surface area contributed by atoms with Crippen LogP contribution in [-0.4, -0.2) is 31.1 Å². The minimum absolute atomic E-state index is 0. The molecule has 0 bridgehead atoms. The fraction of sp³-hybridized carbons (Fsp3) is 0.800. The molecule has 3 N–H and O–H groups in total. The zero-order chi connectivity index (χ0) is 11.4. The number of nitrogens with two attached hydrogens (primary N) is 1. The van der Waals surface area contributed by atoms with E-state index < -0.39 is 12.0 Å². The molecule has 0 radical (unpaired) electrons. The molecule has 1 amide bonds. The summed E-state index contributed by atoms with van der Waals surface area (Å²) in [6, 6.07) is -0.676. The quantitative estimate of drug-likeness (QED) is 0.702. The van der Waals surface area contributed by atoms with E-state index in [0.717, 1.165) is 19.3 Å². The first-order valence-corrected chi connectivity index (χ1v) is 5.20. The van der Waals surface area contributed by atoms with Gasteiger partial charge in [-0.1, -0.05) is 6.42 Å². The van der Waals surface area contributed by atoms with Crippen LogP contribution < -0.4 is 11.1 Å². The van der Waals surface area contributed by atoms with Crippen LogP contribution in [0.1, 0.15) is 26.2 Å². The molecule has 1 saturated carbocycles. The van der Waals surface area contributed by atoms with Crippen molar-refractivity contribution >= 4 is 24.3 Å². The SMILES string of the molecule is COC(=O)C(C)NC(=O)C1CCCC1N.Cl. The lowest BCUT2D eigenvalue weighted by Gasteiger charge is -2.18. The Morgan fingerprint density at radius 3 is 2.50 bits per heavy atom. The number of halogens is 1. The van der Waals surface area contributed by atoms with Gasteiger partial charge in [-0.3, -0.25) is 4.79 Å². The zero-order valence-electron chi connectivity index (χ0n) is 9.56. The van der Waals surface area contributed by atoms with Gasteiger partial charge in [0.1, 0.15) is 6.04 Å². The number of carbonyl (C=O) groups excluding carboxylic acids is 2. The molecule has 3 atom stereocenters. The summed E-state index contributed by atoms with van der Waals surface area (Å²) in [7, 11) is 1.30. The number of esters is 1. The maximum atomic E-state index is 11.7. The summed E-state index contributed by atoms with van der Waals surface area (Å²) >= 11 is 0. The molecular weight excluding hydrogens is 232 g/mol. The molecule has 1 aliphatic rings. The van der Waals surface area contributed by atoms with E-state index in [4.69, 9.17) is 5.73 Å². The predicted octanol–water partition coefficient (Wildman–Crippen LogP) is 0.213. The van der Waals surface area contributed by atoms with Crippen molar-refractivity contribution in [3.05, 3.63) is 0 Å². The first kappa shape index (κ1) is 15.2. The number of rotatable bonds is 3. The van der Waals surface area contributed by atoms with E-state index in [1.165, 1.54) is 7.11 Å². The van der Waals surface area contributed by atoms with E-state index in [1.807, 2.05) is 0 Å². The second kappa shape index (κ2) is 6.70. The largest absolute Gasteiger partial charge is 0.467 e. The van der Waals surface area contributed by atoms with Gasteiger partial charge in [-0.15, -0.1) is 12.4 Å². The molecule has 94 valence electrons. The highest BCUT2D eigenvalue weighted by Gasteiger charge is 2.31. The zero-order valence-corrected chi connectivity index (χ0v) is 10.4. The molecule has 1 rings (SSSR count). The second-order valence-electron chi connectivity index (χ2n) is 3.95. The van der Waals surface area contributed by atoms with Crippen molar-refractivity contribution < 1.29 is 14.3 Å². The van der Waals surface area contributed by atoms with Crippen molar-refractivity contribution in [3.63, 3.8) is 0 Å². The summed E-state index contributed by atoms with van der Waals surface area (Å²) in [5.74, 6) is -0.732. The Morgan fingerprint density at radius 2 is 2.06 bits per heavy atom. The lowest BCUT2D eigenvalue weighted by molar-refractivity contribution is -0.145. The Hall–Kier alpha value is -0.810. The van der Waals surface area contributed by atoms with Crippen LogP contribution >= 0.6 is 12.4 Å². The predicted molar refractivity (Wildman–Crippen MR) is 62.2 cm³/mol. The van der Waals surface area contributed by atoms with E-state index in [9.17, 15) is 9.59 Å². The van der Waals surface area contributed by atoms with Gasteiger partial charge in [-0.05, 0) is 19.8 Å². The number of hydrogen-bond donors (Lipinski definition) is 2. The molecule has 3 unspecified atom stereocenters. The fourth-order valence-electron chi connectivity index (χ4n) is 1.87. The van der Waals surface area contributed by atoms with Crippen LogP contribution in [0.2, 0.25) is 0 Å². The van der Waals surface area contributed by atoms with Crippen LogP contribution in [-0.2, 0) is 14.3 Å². The van der Waals surface area contributed by atoms with E-state index >= 15 is 0 Å². The van der Waals surface area contributed by atoms with E-state index in [2.05, 4.69) is 10.1 Å². The van der Waals surface area contributed by atoms with Crippen LogP contribution in [0.15, 0.2) is 0 Å². The Morgan fingerprint density at radius 1 is 1.44 bits per heavy atom. The Balaban J connectivity index is 0.00000225. The van der Waals surface area contributed by atoms with Crippen LogP contribution in [0.25, 0.3) is 0 Å². The maximum absolute atomic E-state index is 11.7. The smallest absolute Gasteiger partial charge is 0.328 e. The highest BCUT2D eigenvalue weighted by Crippen LogP contribution is 2.23. The molecule has 0 heterocycles. The van der Waals surface area contributed by atoms with Crippen molar-refractivity contribution in [2.45, 2.75) is 38.3 Å². The van der Waals surface area contributed by atoms with Crippen LogP contribution in [0.4, 0.5) is 0 Å². The maximum Gasteiger partial charge on any atom is 0.328 e. The Kier molecular flexibility index (Phi) is 6.36. The number of hydrogen-bond acceptors (Lipinski definition) is 4. The lowest BCUT2D eigenvalue weighted by Crippen LogP contribution is -2.45.